The molecule has 0 heterocycles. The van der Waals surface area contributed by atoms with Crippen molar-refractivity contribution >= 4 is 0 Å². The van der Waals surface area contributed by atoms with Gasteiger partial charge in [-0.1, -0.05) is 39.0 Å². The van der Waals surface area contributed by atoms with Crippen molar-refractivity contribution in [2.75, 3.05) is 13.2 Å². The van der Waals surface area contributed by atoms with Crippen LogP contribution in [0.15, 0.2) is 24.3 Å². The van der Waals surface area contributed by atoms with Crippen LogP contribution >= 0.6 is 0 Å². The Morgan fingerprint density at radius 2 is 2.00 bits per heavy atom. The van der Waals surface area contributed by atoms with Crippen LogP contribution in [0.25, 0.3) is 0 Å². The molecule has 0 radical (unpaired) electrons. The molecular formula is C15H25NO. The molecule has 0 saturated carbocycles. The van der Waals surface area contributed by atoms with Crippen LogP contribution in [0.5, 0.6) is 5.75 Å². The monoisotopic (exact) mass is 235 g/mol. The SMILES string of the molecule is CCNCc1ccccc1OCCCC(C)C. The Morgan fingerprint density at radius 3 is 2.71 bits per heavy atom. The van der Waals surface area contributed by atoms with Crippen molar-refractivity contribution < 1.29 is 4.74 Å². The van der Waals surface area contributed by atoms with Crippen molar-refractivity contribution in [3.8, 4) is 5.75 Å². The van der Waals surface area contributed by atoms with Gasteiger partial charge in [-0.25, -0.2) is 0 Å². The van der Waals surface area contributed by atoms with Crippen LogP contribution < -0.4 is 10.1 Å². The first-order chi connectivity index (χ1) is 8.24. The molecule has 1 N–H and O–H groups in total. The van der Waals surface area contributed by atoms with Crippen LogP contribution in [-0.2, 0) is 6.54 Å². The van der Waals surface area contributed by atoms with E-state index in [4.69, 9.17) is 4.74 Å². The third-order valence-corrected chi connectivity index (χ3v) is 2.72. The van der Waals surface area contributed by atoms with Crippen molar-refractivity contribution in [2.24, 2.45) is 5.92 Å². The lowest BCUT2D eigenvalue weighted by molar-refractivity contribution is 0.294. The van der Waals surface area contributed by atoms with Crippen molar-refractivity contribution in [3.05, 3.63) is 29.8 Å². The van der Waals surface area contributed by atoms with E-state index in [1.54, 1.807) is 0 Å². The number of rotatable bonds is 8. The number of para-hydroxylation sites is 1. The maximum absolute atomic E-state index is 5.84. The highest BCUT2D eigenvalue weighted by Gasteiger charge is 2.02. The summed E-state index contributed by atoms with van der Waals surface area (Å²) < 4.78 is 5.84. The Morgan fingerprint density at radius 1 is 1.24 bits per heavy atom. The molecule has 0 spiro atoms. The zero-order valence-electron chi connectivity index (χ0n) is 11.3. The van der Waals surface area contributed by atoms with Crippen LogP contribution in [0.2, 0.25) is 0 Å². The van der Waals surface area contributed by atoms with Gasteiger partial charge in [0.05, 0.1) is 6.61 Å². The molecule has 0 bridgehead atoms. The van der Waals surface area contributed by atoms with Crippen molar-refractivity contribution in [1.29, 1.82) is 0 Å². The molecule has 0 saturated heterocycles. The quantitative estimate of drug-likeness (QED) is 0.695. The summed E-state index contributed by atoms with van der Waals surface area (Å²) in [5, 5.41) is 3.33. The molecule has 1 rings (SSSR count). The van der Waals surface area contributed by atoms with Gasteiger partial charge >= 0.3 is 0 Å². The van der Waals surface area contributed by atoms with Gasteiger partial charge in [0.2, 0.25) is 0 Å². The number of hydrogen-bond donors (Lipinski definition) is 1. The minimum Gasteiger partial charge on any atom is -0.493 e. The average Bonchev–Trinajstić information content (AvgIpc) is 2.33. The lowest BCUT2D eigenvalue weighted by atomic mass is 10.1. The molecule has 1 aromatic carbocycles. The molecule has 96 valence electrons. The summed E-state index contributed by atoms with van der Waals surface area (Å²) in [7, 11) is 0. The Bertz CT molecular complexity index is 310. The molecule has 0 aromatic heterocycles. The molecule has 2 nitrogen and oxygen atoms in total. The van der Waals surface area contributed by atoms with Gasteiger partial charge in [0.15, 0.2) is 0 Å². The van der Waals surface area contributed by atoms with Gasteiger partial charge in [0.25, 0.3) is 0 Å². The van der Waals surface area contributed by atoms with E-state index in [1.165, 1.54) is 12.0 Å². The highest BCUT2D eigenvalue weighted by molar-refractivity contribution is 5.33. The summed E-state index contributed by atoms with van der Waals surface area (Å²) in [6, 6.07) is 8.28. The number of hydrogen-bond acceptors (Lipinski definition) is 2. The topological polar surface area (TPSA) is 21.3 Å². The van der Waals surface area contributed by atoms with Gasteiger partial charge in [-0.15, -0.1) is 0 Å². The maximum Gasteiger partial charge on any atom is 0.123 e. The Hall–Kier alpha value is -1.02. The molecule has 1 aromatic rings. The summed E-state index contributed by atoms with van der Waals surface area (Å²) in [5.41, 5.74) is 1.25. The molecular weight excluding hydrogens is 210 g/mol. The standard InChI is InChI=1S/C15H25NO/c1-4-16-12-14-9-5-6-10-15(14)17-11-7-8-13(2)3/h5-6,9-10,13,16H,4,7-8,11-12H2,1-3H3. The molecule has 0 unspecified atom stereocenters. The van der Waals surface area contributed by atoms with Gasteiger partial charge < -0.3 is 10.1 Å². The average molecular weight is 235 g/mol. The summed E-state index contributed by atoms with van der Waals surface area (Å²) in [6.45, 7) is 9.31. The number of benzene rings is 1. The molecule has 0 atom stereocenters. The Labute approximate surface area is 105 Å². The first-order valence-electron chi connectivity index (χ1n) is 6.65. The summed E-state index contributed by atoms with van der Waals surface area (Å²) >= 11 is 0. The van der Waals surface area contributed by atoms with E-state index in [-0.39, 0.29) is 0 Å². The summed E-state index contributed by atoms with van der Waals surface area (Å²) in [4.78, 5) is 0. The smallest absolute Gasteiger partial charge is 0.123 e. The third-order valence-electron chi connectivity index (χ3n) is 2.72. The van der Waals surface area contributed by atoms with Crippen molar-refractivity contribution in [2.45, 2.75) is 40.2 Å². The van der Waals surface area contributed by atoms with Crippen LogP contribution in [0.4, 0.5) is 0 Å². The Kier molecular flexibility index (Phi) is 6.71. The fraction of sp³-hybridized carbons (Fsp3) is 0.600. The minimum absolute atomic E-state index is 0.760. The van der Waals surface area contributed by atoms with Crippen molar-refractivity contribution in [3.63, 3.8) is 0 Å². The summed E-state index contributed by atoms with van der Waals surface area (Å²) in [5.74, 6) is 1.79. The fourth-order valence-electron chi connectivity index (χ4n) is 1.72. The molecule has 17 heavy (non-hydrogen) atoms. The molecule has 2 heteroatoms. The number of ether oxygens (including phenoxy) is 1. The summed E-state index contributed by atoms with van der Waals surface area (Å²) in [6.07, 6.45) is 2.36. The van der Waals surface area contributed by atoms with E-state index < -0.39 is 0 Å². The second kappa shape index (κ2) is 8.13. The first-order valence-corrected chi connectivity index (χ1v) is 6.65. The largest absolute Gasteiger partial charge is 0.493 e. The second-order valence-corrected chi connectivity index (χ2v) is 4.77. The molecule has 0 aliphatic heterocycles. The third kappa shape index (κ3) is 5.73. The highest BCUT2D eigenvalue weighted by Crippen LogP contribution is 2.18. The van der Waals surface area contributed by atoms with Crippen LogP contribution in [-0.4, -0.2) is 13.2 Å². The second-order valence-electron chi connectivity index (χ2n) is 4.77. The lowest BCUT2D eigenvalue weighted by Crippen LogP contribution is -2.13. The van der Waals surface area contributed by atoms with Crippen LogP contribution in [0.1, 0.15) is 39.2 Å². The van der Waals surface area contributed by atoms with E-state index in [0.717, 1.165) is 37.8 Å². The predicted molar refractivity (Wildman–Crippen MR) is 73.4 cm³/mol. The van der Waals surface area contributed by atoms with Gasteiger partial charge in [0.1, 0.15) is 5.75 Å². The predicted octanol–water partition coefficient (Wildman–Crippen LogP) is 3.61. The van der Waals surface area contributed by atoms with Gasteiger partial charge in [-0.05, 0) is 31.4 Å². The van der Waals surface area contributed by atoms with E-state index in [1.807, 2.05) is 6.07 Å². The van der Waals surface area contributed by atoms with E-state index in [0.29, 0.717) is 0 Å². The maximum atomic E-state index is 5.84. The molecule has 0 amide bonds. The van der Waals surface area contributed by atoms with Crippen molar-refractivity contribution in [1.82, 2.24) is 5.32 Å². The lowest BCUT2D eigenvalue weighted by Gasteiger charge is -2.12. The first kappa shape index (κ1) is 14.0. The van der Waals surface area contributed by atoms with Crippen LogP contribution in [0.3, 0.4) is 0 Å². The zero-order chi connectivity index (χ0) is 12.5. The van der Waals surface area contributed by atoms with E-state index >= 15 is 0 Å². The van der Waals surface area contributed by atoms with Gasteiger partial charge in [0, 0.05) is 12.1 Å². The molecule has 0 aliphatic carbocycles. The highest BCUT2D eigenvalue weighted by atomic mass is 16.5. The van der Waals surface area contributed by atoms with Gasteiger partial charge in [-0.2, -0.15) is 0 Å². The fourth-order valence-corrected chi connectivity index (χ4v) is 1.72. The molecule has 0 aliphatic rings. The van der Waals surface area contributed by atoms with E-state index in [2.05, 4.69) is 44.3 Å². The molecule has 0 fully saturated rings. The number of nitrogens with one attached hydrogen (secondary N) is 1. The van der Waals surface area contributed by atoms with Crippen LogP contribution in [0, 0.1) is 5.92 Å². The van der Waals surface area contributed by atoms with E-state index in [9.17, 15) is 0 Å². The minimum atomic E-state index is 0.760. The Balaban J connectivity index is 2.40. The normalized spacial score (nSPS) is 10.8. The van der Waals surface area contributed by atoms with Gasteiger partial charge in [-0.3, -0.25) is 0 Å². The zero-order valence-corrected chi connectivity index (χ0v) is 11.3.